The van der Waals surface area contributed by atoms with Gasteiger partial charge in [0.2, 0.25) is 5.91 Å². The lowest BCUT2D eigenvalue weighted by Gasteiger charge is -2.16. The topological polar surface area (TPSA) is 87.8 Å². The summed E-state index contributed by atoms with van der Waals surface area (Å²) in [6.45, 7) is 3.55. The van der Waals surface area contributed by atoms with Crippen molar-refractivity contribution in [3.8, 4) is 17.3 Å². The normalized spacial score (nSPS) is 11.5. The van der Waals surface area contributed by atoms with Crippen LogP contribution in [0.4, 0.5) is 5.69 Å². The lowest BCUT2D eigenvalue weighted by Crippen LogP contribution is -2.33. The van der Waals surface area contributed by atoms with Crippen molar-refractivity contribution in [2.45, 2.75) is 19.9 Å². The van der Waals surface area contributed by atoms with Gasteiger partial charge in [-0.05, 0) is 38.1 Å². The number of amides is 1. The molecule has 1 atom stereocenters. The van der Waals surface area contributed by atoms with Gasteiger partial charge in [0, 0.05) is 16.7 Å². The monoisotopic (exact) mass is 392 g/mol. The van der Waals surface area contributed by atoms with Crippen LogP contribution in [0.15, 0.2) is 59.4 Å². The zero-order chi connectivity index (χ0) is 20.3. The average Bonchev–Trinajstić information content (AvgIpc) is 2.68. The van der Waals surface area contributed by atoms with Crippen molar-refractivity contribution in [1.82, 2.24) is 9.78 Å². The number of nitriles is 1. The maximum Gasteiger partial charge on any atom is 0.267 e. The van der Waals surface area contributed by atoms with Crippen LogP contribution in [0.1, 0.15) is 24.1 Å². The van der Waals surface area contributed by atoms with Gasteiger partial charge in [-0.1, -0.05) is 41.4 Å². The molecular formula is C21H17ClN4O2. The Kier molecular flexibility index (Phi) is 5.57. The van der Waals surface area contributed by atoms with Crippen LogP contribution in [0.25, 0.3) is 11.3 Å². The van der Waals surface area contributed by atoms with E-state index in [0.29, 0.717) is 10.7 Å². The van der Waals surface area contributed by atoms with Crippen molar-refractivity contribution in [2.75, 3.05) is 5.32 Å². The molecule has 1 aromatic heterocycles. The maximum atomic E-state index is 12.7. The summed E-state index contributed by atoms with van der Waals surface area (Å²) in [5.41, 5.74) is 2.70. The van der Waals surface area contributed by atoms with Gasteiger partial charge in [-0.15, -0.1) is 0 Å². The fraction of sp³-hybridized carbons (Fsp3) is 0.143. The van der Waals surface area contributed by atoms with Crippen molar-refractivity contribution in [3.05, 3.63) is 81.1 Å². The summed E-state index contributed by atoms with van der Waals surface area (Å²) in [6.07, 6.45) is 0. The van der Waals surface area contributed by atoms with Crippen LogP contribution in [0, 0.1) is 18.3 Å². The van der Waals surface area contributed by atoms with Gasteiger partial charge in [-0.2, -0.15) is 10.4 Å². The third-order valence-electron chi connectivity index (χ3n) is 4.28. The second-order valence-electron chi connectivity index (χ2n) is 6.33. The van der Waals surface area contributed by atoms with Crippen molar-refractivity contribution in [1.29, 1.82) is 5.26 Å². The first-order valence-electron chi connectivity index (χ1n) is 8.56. The Morgan fingerprint density at radius 2 is 1.89 bits per heavy atom. The van der Waals surface area contributed by atoms with Crippen molar-refractivity contribution >= 4 is 23.2 Å². The summed E-state index contributed by atoms with van der Waals surface area (Å²) in [4.78, 5) is 25.0. The van der Waals surface area contributed by atoms with E-state index in [1.165, 1.54) is 18.2 Å². The van der Waals surface area contributed by atoms with E-state index in [2.05, 4.69) is 10.4 Å². The second kappa shape index (κ2) is 8.07. The molecule has 0 aliphatic heterocycles. The average molecular weight is 393 g/mol. The Hall–Kier alpha value is -3.43. The number of aromatic nitrogens is 2. The van der Waals surface area contributed by atoms with E-state index in [0.717, 1.165) is 15.8 Å². The Morgan fingerprint density at radius 3 is 2.57 bits per heavy atom. The molecule has 1 amide bonds. The summed E-state index contributed by atoms with van der Waals surface area (Å²) < 4.78 is 1.13. The third kappa shape index (κ3) is 4.11. The Balaban J connectivity index is 1.91. The smallest absolute Gasteiger partial charge is 0.267 e. The number of anilines is 1. The number of carbonyl (C=O) groups excluding carboxylic acids is 1. The standard InChI is InChI=1S/C21H17ClN4O2/c1-13-3-5-15(6-4-13)18-9-10-20(27)26(25-18)14(2)21(28)24-19-11-17(22)8-7-16(19)12-23/h3-11,14H,1-2H3,(H,24,28). The summed E-state index contributed by atoms with van der Waals surface area (Å²) in [5.74, 6) is -0.477. The summed E-state index contributed by atoms with van der Waals surface area (Å²) in [5, 5.41) is 16.6. The lowest BCUT2D eigenvalue weighted by atomic mass is 10.1. The summed E-state index contributed by atoms with van der Waals surface area (Å²) in [7, 11) is 0. The number of benzene rings is 2. The van der Waals surface area contributed by atoms with Gasteiger partial charge in [-0.25, -0.2) is 4.68 Å². The minimum absolute atomic E-state index is 0.277. The molecule has 140 valence electrons. The van der Waals surface area contributed by atoms with Gasteiger partial charge < -0.3 is 5.32 Å². The van der Waals surface area contributed by atoms with E-state index in [1.54, 1.807) is 19.1 Å². The molecule has 2 aromatic carbocycles. The number of halogens is 1. The van der Waals surface area contributed by atoms with Gasteiger partial charge in [0.25, 0.3) is 5.56 Å². The molecule has 7 heteroatoms. The molecule has 3 aromatic rings. The number of aryl methyl sites for hydroxylation is 1. The second-order valence-corrected chi connectivity index (χ2v) is 6.77. The molecule has 3 rings (SSSR count). The molecule has 1 N–H and O–H groups in total. The zero-order valence-corrected chi connectivity index (χ0v) is 16.1. The molecule has 0 aliphatic carbocycles. The quantitative estimate of drug-likeness (QED) is 0.728. The molecule has 28 heavy (non-hydrogen) atoms. The Bertz CT molecular complexity index is 1130. The number of hydrogen-bond donors (Lipinski definition) is 1. The lowest BCUT2D eigenvalue weighted by molar-refractivity contribution is -0.119. The molecule has 0 spiro atoms. The van der Waals surface area contributed by atoms with E-state index in [4.69, 9.17) is 11.6 Å². The predicted molar refractivity (Wildman–Crippen MR) is 108 cm³/mol. The van der Waals surface area contributed by atoms with Gasteiger partial charge >= 0.3 is 0 Å². The number of nitrogens with one attached hydrogen (secondary N) is 1. The number of carbonyl (C=O) groups is 1. The molecule has 0 saturated heterocycles. The zero-order valence-electron chi connectivity index (χ0n) is 15.3. The highest BCUT2D eigenvalue weighted by Gasteiger charge is 2.19. The molecule has 0 fully saturated rings. The maximum absolute atomic E-state index is 12.7. The molecular weight excluding hydrogens is 376 g/mol. The molecule has 6 nitrogen and oxygen atoms in total. The van der Waals surface area contributed by atoms with Crippen molar-refractivity contribution in [2.24, 2.45) is 0 Å². The van der Waals surface area contributed by atoms with E-state index < -0.39 is 17.5 Å². The van der Waals surface area contributed by atoms with E-state index in [1.807, 2.05) is 37.3 Å². The highest BCUT2D eigenvalue weighted by atomic mass is 35.5. The Morgan fingerprint density at radius 1 is 1.18 bits per heavy atom. The van der Waals surface area contributed by atoms with Crippen LogP contribution in [-0.4, -0.2) is 15.7 Å². The molecule has 0 bridgehead atoms. The first kappa shape index (κ1) is 19.3. The van der Waals surface area contributed by atoms with Gasteiger partial charge in [0.05, 0.1) is 16.9 Å². The van der Waals surface area contributed by atoms with E-state index in [-0.39, 0.29) is 11.3 Å². The van der Waals surface area contributed by atoms with Gasteiger partial charge in [-0.3, -0.25) is 9.59 Å². The van der Waals surface area contributed by atoms with Crippen LogP contribution in [-0.2, 0) is 4.79 Å². The number of nitrogens with zero attached hydrogens (tertiary/aromatic N) is 3. The molecule has 0 aliphatic rings. The molecule has 0 saturated carbocycles. The SMILES string of the molecule is Cc1ccc(-c2ccc(=O)n(C(C)C(=O)Nc3cc(Cl)ccc3C#N)n2)cc1. The summed E-state index contributed by atoms with van der Waals surface area (Å²) in [6, 6.07) is 16.4. The van der Waals surface area contributed by atoms with Gasteiger partial charge in [0.1, 0.15) is 12.1 Å². The first-order chi connectivity index (χ1) is 13.4. The van der Waals surface area contributed by atoms with Crippen LogP contribution in [0.2, 0.25) is 5.02 Å². The number of rotatable bonds is 4. The molecule has 1 heterocycles. The van der Waals surface area contributed by atoms with Crippen molar-refractivity contribution in [3.63, 3.8) is 0 Å². The first-order valence-corrected chi connectivity index (χ1v) is 8.94. The van der Waals surface area contributed by atoms with E-state index in [9.17, 15) is 14.9 Å². The third-order valence-corrected chi connectivity index (χ3v) is 4.51. The predicted octanol–water partition coefficient (Wildman–Crippen LogP) is 3.94. The Labute approximate surface area is 167 Å². The van der Waals surface area contributed by atoms with E-state index >= 15 is 0 Å². The van der Waals surface area contributed by atoms with Crippen LogP contribution < -0.4 is 10.9 Å². The van der Waals surface area contributed by atoms with Crippen LogP contribution in [0.5, 0.6) is 0 Å². The molecule has 1 unspecified atom stereocenters. The van der Waals surface area contributed by atoms with Crippen LogP contribution >= 0.6 is 11.6 Å². The van der Waals surface area contributed by atoms with Crippen molar-refractivity contribution < 1.29 is 4.79 Å². The highest BCUT2D eigenvalue weighted by Crippen LogP contribution is 2.22. The van der Waals surface area contributed by atoms with Crippen LogP contribution in [0.3, 0.4) is 0 Å². The largest absolute Gasteiger partial charge is 0.323 e. The minimum Gasteiger partial charge on any atom is -0.323 e. The number of hydrogen-bond acceptors (Lipinski definition) is 4. The summed E-state index contributed by atoms with van der Waals surface area (Å²) >= 11 is 5.95. The molecule has 0 radical (unpaired) electrons. The highest BCUT2D eigenvalue weighted by molar-refractivity contribution is 6.31. The fourth-order valence-electron chi connectivity index (χ4n) is 2.65. The minimum atomic E-state index is -0.886. The fourth-order valence-corrected chi connectivity index (χ4v) is 2.82. The van der Waals surface area contributed by atoms with Gasteiger partial charge in [0.15, 0.2) is 0 Å².